The predicted molar refractivity (Wildman–Crippen MR) is 418 cm³/mol. The number of phenolic OH excluding ortho intramolecular Hbond substituents is 6. The first-order chi connectivity index (χ1) is 44.3. The number of phenols is 6. The van der Waals surface area contributed by atoms with E-state index >= 15 is 0 Å². The largest absolute Gasteiger partial charge is 0.507 e. The lowest BCUT2D eigenvalue weighted by molar-refractivity contribution is -0.140. The molecule has 0 saturated carbocycles. The molecule has 0 amide bonds. The summed E-state index contributed by atoms with van der Waals surface area (Å²) in [5, 5.41) is 75.1. The van der Waals surface area contributed by atoms with E-state index in [1.54, 1.807) is 0 Å². The Morgan fingerprint density at radius 3 is 0.798 bits per heavy atom. The minimum atomic E-state index is -0.846. The number of ether oxygens (including phenoxy) is 1. The van der Waals surface area contributed by atoms with Gasteiger partial charge in [-0.2, -0.15) is 0 Å². The predicted octanol–water partition coefficient (Wildman–Crippen LogP) is 23.7. The van der Waals surface area contributed by atoms with Gasteiger partial charge in [0, 0.05) is 74.2 Å². The Balaban J connectivity index is 1.45. The van der Waals surface area contributed by atoms with Gasteiger partial charge in [0.1, 0.15) is 34.5 Å². The van der Waals surface area contributed by atoms with Crippen molar-refractivity contribution in [2.45, 2.75) is 344 Å². The number of hydrogen-bond donors (Lipinski definition) is 6. The number of carbonyl (C=O) groups excluding carboxylic acids is 1. The molecule has 0 aliphatic rings. The highest BCUT2D eigenvalue weighted by Crippen LogP contribution is 2.56. The highest BCUT2D eigenvalue weighted by molar-refractivity contribution is 5.74. The van der Waals surface area contributed by atoms with Crippen molar-refractivity contribution in [1.29, 1.82) is 0 Å². The van der Waals surface area contributed by atoms with Gasteiger partial charge in [0.25, 0.3) is 0 Å². The van der Waals surface area contributed by atoms with Crippen LogP contribution in [0.25, 0.3) is 11.1 Å². The lowest BCUT2D eigenvalue weighted by atomic mass is 9.59. The second kappa shape index (κ2) is 27.1. The van der Waals surface area contributed by atoms with Crippen molar-refractivity contribution in [2.24, 2.45) is 0 Å². The Morgan fingerprint density at radius 1 is 0.283 bits per heavy atom. The summed E-state index contributed by atoms with van der Waals surface area (Å²) in [5.41, 5.74) is 10.1. The number of hydrogen-bond acceptors (Lipinski definition) is 8. The third-order valence-corrected chi connectivity index (χ3v) is 22.6. The van der Waals surface area contributed by atoms with Crippen LogP contribution in [-0.4, -0.2) is 43.2 Å². The molecule has 0 fully saturated rings. The molecule has 0 aromatic heterocycles. The van der Waals surface area contributed by atoms with E-state index in [9.17, 15) is 35.4 Å². The zero-order chi connectivity index (χ0) is 76.1. The van der Waals surface area contributed by atoms with Crippen molar-refractivity contribution in [1.82, 2.24) is 0 Å². The smallest absolute Gasteiger partial charge is 0.302 e. The molecule has 0 saturated heterocycles. The number of benzene rings is 6. The Labute approximate surface area is 601 Å². The highest BCUT2D eigenvalue weighted by atomic mass is 16.5. The van der Waals surface area contributed by atoms with Crippen molar-refractivity contribution in [3.63, 3.8) is 0 Å². The van der Waals surface area contributed by atoms with Crippen molar-refractivity contribution in [2.75, 3.05) is 6.61 Å². The monoisotopic (exact) mass is 1360 g/mol. The second-order valence-electron chi connectivity index (χ2n) is 40.7. The minimum Gasteiger partial charge on any atom is -0.507 e. The van der Waals surface area contributed by atoms with Gasteiger partial charge in [-0.25, -0.2) is 0 Å². The van der Waals surface area contributed by atoms with E-state index in [0.717, 1.165) is 102 Å². The van der Waals surface area contributed by atoms with Crippen LogP contribution in [0.4, 0.5) is 0 Å². The molecule has 6 N–H and O–H groups in total. The number of carbonyl (C=O) groups is 1. The molecule has 546 valence electrons. The van der Waals surface area contributed by atoms with Crippen LogP contribution >= 0.6 is 0 Å². The summed E-state index contributed by atoms with van der Waals surface area (Å²) in [7, 11) is 0. The number of aromatic hydroxyl groups is 6. The van der Waals surface area contributed by atoms with E-state index in [2.05, 4.69) is 301 Å². The van der Waals surface area contributed by atoms with Crippen molar-refractivity contribution >= 4 is 5.97 Å². The Morgan fingerprint density at radius 2 is 0.495 bits per heavy atom. The summed E-state index contributed by atoms with van der Waals surface area (Å²) < 4.78 is 5.59. The molecule has 0 bridgehead atoms. The first-order valence-electron chi connectivity index (χ1n) is 36.7. The maximum atomic E-state index is 13.2. The van der Waals surface area contributed by atoms with Crippen molar-refractivity contribution in [3.05, 3.63) is 162 Å². The Hall–Kier alpha value is -6.41. The molecule has 0 aliphatic heterocycles. The molecule has 0 atom stereocenters. The van der Waals surface area contributed by atoms with Crippen molar-refractivity contribution in [3.8, 4) is 45.6 Å². The molecule has 6 aromatic rings. The van der Waals surface area contributed by atoms with Crippen LogP contribution in [0.3, 0.4) is 0 Å². The van der Waals surface area contributed by atoms with Crippen LogP contribution in [0.2, 0.25) is 0 Å². The van der Waals surface area contributed by atoms with E-state index in [1.807, 2.05) is 0 Å². The van der Waals surface area contributed by atoms with Crippen LogP contribution in [0.15, 0.2) is 72.8 Å². The quantitative estimate of drug-likeness (QED) is 0.0440. The van der Waals surface area contributed by atoms with Crippen LogP contribution in [0.5, 0.6) is 34.5 Å². The van der Waals surface area contributed by atoms with Gasteiger partial charge in [-0.1, -0.05) is 277 Å². The van der Waals surface area contributed by atoms with Gasteiger partial charge in [-0.05, 0) is 166 Å². The average Bonchev–Trinajstić information content (AvgIpc) is 0.735. The van der Waals surface area contributed by atoms with Crippen LogP contribution in [0, 0.1) is 0 Å². The summed E-state index contributed by atoms with van der Waals surface area (Å²) >= 11 is 0. The standard InChI is InChI=1S/C91H134O8/c1-54(92)99-40-35-55-42-67(78(98)71(43-55)90(31,32)91(33,34)72-51-59(50-65(77(72)97)84(17,18)19)58-48-63(82(11,12)13)73(93)64(49-58)83(14,15)16)86(23,24)36-37-87(25,26)68-46-56(44-61(74(68)94)80(5,6)7)41-57-45-62(81(8,9)10)75(95)69(47-57)88(27,28)38-39-89(29,30)70-53-60(79(2,3)4)52-66(76(70)96)85(20,21)22/h42-53,93-98H,35-41H2,1-34H3. The van der Waals surface area contributed by atoms with Crippen LogP contribution in [-0.2, 0) is 92.8 Å². The number of rotatable bonds is 19. The molecular weight excluding hydrogens is 1220 g/mol. The van der Waals surface area contributed by atoms with Gasteiger partial charge >= 0.3 is 5.97 Å². The topological polar surface area (TPSA) is 148 Å². The molecule has 0 radical (unpaired) electrons. The van der Waals surface area contributed by atoms with Gasteiger partial charge in [-0.3, -0.25) is 4.79 Å². The minimum absolute atomic E-state index is 0.114. The summed E-state index contributed by atoms with van der Waals surface area (Å²) in [4.78, 5) is 12.3. The summed E-state index contributed by atoms with van der Waals surface area (Å²) in [6.07, 6.45) is 3.76. The fraction of sp³-hybridized carbons (Fsp3) is 0.593. The van der Waals surface area contributed by atoms with E-state index in [4.69, 9.17) is 4.74 Å². The number of esters is 1. The highest BCUT2D eigenvalue weighted by Gasteiger charge is 2.46. The fourth-order valence-electron chi connectivity index (χ4n) is 14.6. The average molecular weight is 1360 g/mol. The molecule has 6 rings (SSSR count). The van der Waals surface area contributed by atoms with Crippen molar-refractivity contribution < 1.29 is 40.2 Å². The van der Waals surface area contributed by atoms with Gasteiger partial charge in [0.2, 0.25) is 0 Å². The van der Waals surface area contributed by atoms with Gasteiger partial charge in [0.15, 0.2) is 0 Å². The van der Waals surface area contributed by atoms with E-state index < -0.39 is 43.3 Å². The maximum absolute atomic E-state index is 13.2. The first-order valence-corrected chi connectivity index (χ1v) is 36.7. The van der Waals surface area contributed by atoms with E-state index in [-0.39, 0.29) is 56.9 Å². The zero-order valence-corrected chi connectivity index (χ0v) is 68.4. The second-order valence-corrected chi connectivity index (χ2v) is 40.7. The first kappa shape index (κ1) is 81.6. The molecule has 99 heavy (non-hydrogen) atoms. The molecule has 0 spiro atoms. The molecule has 6 aromatic carbocycles. The molecule has 0 unspecified atom stereocenters. The third kappa shape index (κ3) is 17.6. The summed E-state index contributed by atoms with van der Waals surface area (Å²) in [6.45, 7) is 73.1. The fourth-order valence-corrected chi connectivity index (χ4v) is 14.6. The summed E-state index contributed by atoms with van der Waals surface area (Å²) in [6, 6.07) is 25.7. The molecule has 0 heterocycles. The normalized spacial score (nSPS) is 13.9. The molecule has 8 heteroatoms. The zero-order valence-electron chi connectivity index (χ0n) is 68.4. The van der Waals surface area contributed by atoms with Crippen LogP contribution in [0.1, 0.15) is 350 Å². The molecule has 8 nitrogen and oxygen atoms in total. The van der Waals surface area contributed by atoms with Gasteiger partial charge in [0.05, 0.1) is 6.61 Å². The maximum Gasteiger partial charge on any atom is 0.302 e. The lowest BCUT2D eigenvalue weighted by Gasteiger charge is -2.45. The summed E-state index contributed by atoms with van der Waals surface area (Å²) in [5.74, 6) is 1.30. The third-order valence-electron chi connectivity index (χ3n) is 22.6. The molecule has 0 aliphatic carbocycles. The SMILES string of the molecule is CC(=O)OCCc1cc(C(C)(C)CCC(C)(C)c2cc(Cc3cc(C(C)(C)C)c(O)c(C(C)(C)CCC(C)(C)c4cc(C(C)(C)C)cc(C(C)(C)C)c4O)c3)cc(C(C)(C)C)c2O)c(O)c(C(C)(C)C(C)(C)c2cc(-c3cc(C(C)(C)C)c(O)c(C(C)(C)C)c3)cc(C(C)(C)C)c2O)c1. The van der Waals surface area contributed by atoms with Gasteiger partial charge < -0.3 is 35.4 Å². The Kier molecular flexibility index (Phi) is 22.3. The van der Waals surface area contributed by atoms with Crippen LogP contribution < -0.4 is 0 Å². The van der Waals surface area contributed by atoms with E-state index in [1.165, 1.54) is 12.5 Å². The van der Waals surface area contributed by atoms with E-state index in [0.29, 0.717) is 48.5 Å². The Bertz CT molecular complexity index is 3940. The lowest BCUT2D eigenvalue weighted by Crippen LogP contribution is -2.41. The molecular formula is C91H134O8. The van der Waals surface area contributed by atoms with Gasteiger partial charge in [-0.15, -0.1) is 0 Å².